The molecular weight excluding hydrogens is 330 g/mol. The van der Waals surface area contributed by atoms with Crippen LogP contribution in [0.1, 0.15) is 36.6 Å². The van der Waals surface area contributed by atoms with Crippen LogP contribution in [0.15, 0.2) is 48.7 Å². The number of hydrogen-bond acceptors (Lipinski definition) is 3. The van der Waals surface area contributed by atoms with Crippen molar-refractivity contribution < 1.29 is 14.7 Å². The lowest BCUT2D eigenvalue weighted by Crippen LogP contribution is -2.43. The third-order valence-corrected chi connectivity index (χ3v) is 4.09. The molecule has 1 aromatic carbocycles. The molecule has 0 radical (unpaired) electrons. The number of amides is 2. The van der Waals surface area contributed by atoms with Gasteiger partial charge in [0.2, 0.25) is 0 Å². The molecule has 6 nitrogen and oxygen atoms in total. The zero-order valence-corrected chi connectivity index (χ0v) is 14.9. The Morgan fingerprint density at radius 1 is 1.15 bits per heavy atom. The van der Waals surface area contributed by atoms with Crippen LogP contribution >= 0.6 is 0 Å². The molecular formula is C20H25N3O3. The first kappa shape index (κ1) is 19.4. The zero-order chi connectivity index (χ0) is 18.8. The first-order valence-corrected chi connectivity index (χ1v) is 8.80. The largest absolute Gasteiger partial charge is 0.481 e. The van der Waals surface area contributed by atoms with Gasteiger partial charge in [-0.25, -0.2) is 4.79 Å². The summed E-state index contributed by atoms with van der Waals surface area (Å²) < 4.78 is 0. The van der Waals surface area contributed by atoms with E-state index < -0.39 is 5.97 Å². The van der Waals surface area contributed by atoms with E-state index in [9.17, 15) is 9.59 Å². The Bertz CT molecular complexity index is 719. The topological polar surface area (TPSA) is 91.3 Å². The molecule has 0 saturated carbocycles. The molecule has 1 heterocycles. The van der Waals surface area contributed by atoms with E-state index in [0.717, 1.165) is 17.7 Å². The number of nitrogens with zero attached hydrogens (tertiary/aromatic N) is 1. The second-order valence-corrected chi connectivity index (χ2v) is 6.16. The number of pyridine rings is 1. The first-order valence-electron chi connectivity index (χ1n) is 8.80. The fourth-order valence-corrected chi connectivity index (χ4v) is 2.67. The smallest absolute Gasteiger partial charge is 0.315 e. The fourth-order valence-electron chi connectivity index (χ4n) is 2.67. The molecule has 3 N–H and O–H groups in total. The average molecular weight is 355 g/mol. The number of carboxylic acids is 1. The number of carbonyl (C=O) groups excluding carboxylic acids is 1. The lowest BCUT2D eigenvalue weighted by molar-refractivity contribution is -0.137. The summed E-state index contributed by atoms with van der Waals surface area (Å²) in [6.45, 7) is 2.40. The maximum Gasteiger partial charge on any atom is 0.315 e. The highest BCUT2D eigenvalue weighted by Crippen LogP contribution is 2.08. The highest BCUT2D eigenvalue weighted by molar-refractivity contribution is 5.74. The molecule has 26 heavy (non-hydrogen) atoms. The molecule has 0 bridgehead atoms. The highest BCUT2D eigenvalue weighted by Gasteiger charge is 2.14. The molecule has 1 atom stereocenters. The molecule has 0 aliphatic rings. The Hall–Kier alpha value is -2.89. The van der Waals surface area contributed by atoms with Crippen molar-refractivity contribution in [3.63, 3.8) is 0 Å². The standard InChI is InChI=1S/C20H25N3O3/c1-2-15-10-11-21-18(12-15)14-22-20(26)23-17(8-9-19(24)25)13-16-6-4-3-5-7-16/h3-7,10-12,17H,2,8-9,13-14H2,1H3,(H,24,25)(H2,22,23,26). The summed E-state index contributed by atoms with van der Waals surface area (Å²) in [5, 5.41) is 14.6. The quantitative estimate of drug-likeness (QED) is 0.645. The minimum Gasteiger partial charge on any atom is -0.481 e. The predicted octanol–water partition coefficient (Wildman–Crippen LogP) is 2.92. The third-order valence-electron chi connectivity index (χ3n) is 4.09. The summed E-state index contributed by atoms with van der Waals surface area (Å²) in [6, 6.07) is 13.1. The highest BCUT2D eigenvalue weighted by atomic mass is 16.4. The molecule has 1 unspecified atom stereocenters. The van der Waals surface area contributed by atoms with Crippen molar-refractivity contribution in [3.8, 4) is 0 Å². The summed E-state index contributed by atoms with van der Waals surface area (Å²) >= 11 is 0. The minimum atomic E-state index is -0.870. The van der Waals surface area contributed by atoms with E-state index in [1.165, 1.54) is 5.56 Å². The van der Waals surface area contributed by atoms with Crippen LogP contribution in [0, 0.1) is 0 Å². The third kappa shape index (κ3) is 6.93. The number of aromatic nitrogens is 1. The number of carbonyl (C=O) groups is 2. The Kier molecular flexibility index (Phi) is 7.61. The normalized spacial score (nSPS) is 11.6. The number of nitrogens with one attached hydrogen (secondary N) is 2. The van der Waals surface area contributed by atoms with Gasteiger partial charge in [0.1, 0.15) is 0 Å². The van der Waals surface area contributed by atoms with Gasteiger partial charge in [-0.1, -0.05) is 37.3 Å². The summed E-state index contributed by atoms with van der Waals surface area (Å²) in [4.78, 5) is 27.3. The number of aliphatic carboxylic acids is 1. The fraction of sp³-hybridized carbons (Fsp3) is 0.350. The van der Waals surface area contributed by atoms with Gasteiger partial charge in [0, 0.05) is 18.7 Å². The summed E-state index contributed by atoms with van der Waals surface area (Å²) in [5.41, 5.74) is 3.02. The number of aryl methyl sites for hydroxylation is 1. The zero-order valence-electron chi connectivity index (χ0n) is 14.9. The van der Waals surface area contributed by atoms with Crippen molar-refractivity contribution in [1.82, 2.24) is 15.6 Å². The molecule has 0 spiro atoms. The van der Waals surface area contributed by atoms with Crippen LogP contribution in [0.4, 0.5) is 4.79 Å². The van der Waals surface area contributed by atoms with Crippen LogP contribution in [0.25, 0.3) is 0 Å². The van der Waals surface area contributed by atoms with Crippen molar-refractivity contribution in [2.45, 2.75) is 45.2 Å². The molecule has 0 fully saturated rings. The number of rotatable bonds is 9. The van der Waals surface area contributed by atoms with Gasteiger partial charge in [-0.2, -0.15) is 0 Å². The summed E-state index contributed by atoms with van der Waals surface area (Å²) in [5.74, 6) is -0.870. The molecule has 1 aromatic heterocycles. The van der Waals surface area contributed by atoms with Gasteiger partial charge in [-0.3, -0.25) is 9.78 Å². The Balaban J connectivity index is 1.90. The van der Waals surface area contributed by atoms with E-state index >= 15 is 0 Å². The van der Waals surface area contributed by atoms with E-state index in [1.54, 1.807) is 6.20 Å². The van der Waals surface area contributed by atoms with Crippen molar-refractivity contribution in [3.05, 3.63) is 65.5 Å². The van der Waals surface area contributed by atoms with Gasteiger partial charge < -0.3 is 15.7 Å². The van der Waals surface area contributed by atoms with E-state index in [0.29, 0.717) is 19.4 Å². The van der Waals surface area contributed by atoms with Crippen LogP contribution < -0.4 is 10.6 Å². The Labute approximate surface area is 153 Å². The monoisotopic (exact) mass is 355 g/mol. The molecule has 2 aromatic rings. The van der Waals surface area contributed by atoms with Gasteiger partial charge in [0.05, 0.1) is 12.2 Å². The van der Waals surface area contributed by atoms with Crippen molar-refractivity contribution in [2.75, 3.05) is 0 Å². The van der Waals surface area contributed by atoms with Crippen LogP contribution in [-0.2, 0) is 24.2 Å². The van der Waals surface area contributed by atoms with Crippen LogP contribution in [-0.4, -0.2) is 28.1 Å². The van der Waals surface area contributed by atoms with Crippen LogP contribution in [0.5, 0.6) is 0 Å². The van der Waals surface area contributed by atoms with Gasteiger partial charge in [0.15, 0.2) is 0 Å². The van der Waals surface area contributed by atoms with Gasteiger partial charge in [-0.15, -0.1) is 0 Å². The first-order chi connectivity index (χ1) is 12.6. The van der Waals surface area contributed by atoms with Gasteiger partial charge in [0.25, 0.3) is 0 Å². The Morgan fingerprint density at radius 3 is 2.62 bits per heavy atom. The van der Waals surface area contributed by atoms with Crippen LogP contribution in [0.2, 0.25) is 0 Å². The van der Waals surface area contributed by atoms with Gasteiger partial charge >= 0.3 is 12.0 Å². The number of hydrogen-bond donors (Lipinski definition) is 3. The SMILES string of the molecule is CCc1ccnc(CNC(=O)NC(CCC(=O)O)Cc2ccccc2)c1. The number of urea groups is 1. The van der Waals surface area contributed by atoms with E-state index in [1.807, 2.05) is 42.5 Å². The second-order valence-electron chi connectivity index (χ2n) is 6.16. The van der Waals surface area contributed by atoms with Crippen molar-refractivity contribution in [2.24, 2.45) is 0 Å². The molecule has 2 amide bonds. The lowest BCUT2D eigenvalue weighted by atomic mass is 10.0. The van der Waals surface area contributed by atoms with E-state index in [-0.39, 0.29) is 18.5 Å². The molecule has 6 heteroatoms. The Morgan fingerprint density at radius 2 is 1.92 bits per heavy atom. The minimum absolute atomic E-state index is 0.0118. The van der Waals surface area contributed by atoms with Crippen LogP contribution in [0.3, 0.4) is 0 Å². The predicted molar refractivity (Wildman–Crippen MR) is 99.8 cm³/mol. The maximum absolute atomic E-state index is 12.2. The molecule has 0 aliphatic carbocycles. The molecule has 2 rings (SSSR count). The molecule has 0 aliphatic heterocycles. The lowest BCUT2D eigenvalue weighted by Gasteiger charge is -2.18. The van der Waals surface area contributed by atoms with Gasteiger partial charge in [-0.05, 0) is 42.5 Å². The number of benzene rings is 1. The van der Waals surface area contributed by atoms with Crippen molar-refractivity contribution in [1.29, 1.82) is 0 Å². The average Bonchev–Trinajstić information content (AvgIpc) is 2.65. The van der Waals surface area contributed by atoms with E-state index in [4.69, 9.17) is 5.11 Å². The van der Waals surface area contributed by atoms with Crippen molar-refractivity contribution >= 4 is 12.0 Å². The number of carboxylic acid groups (broad SMARTS) is 1. The second kappa shape index (κ2) is 10.2. The molecule has 0 saturated heterocycles. The van der Waals surface area contributed by atoms with E-state index in [2.05, 4.69) is 22.5 Å². The molecule has 138 valence electrons. The maximum atomic E-state index is 12.2. The summed E-state index contributed by atoms with van der Waals surface area (Å²) in [7, 11) is 0. The summed E-state index contributed by atoms with van der Waals surface area (Å²) in [6.07, 6.45) is 3.62.